The molecule has 1 aliphatic rings. The summed E-state index contributed by atoms with van der Waals surface area (Å²) in [6.07, 6.45) is 3.58. The SMILES string of the molecule is Nc1nc2cc(I)ccc2n1CCCC(=O)NC1CC1. The minimum Gasteiger partial charge on any atom is -0.369 e. The molecule has 1 saturated carbocycles. The normalized spacial score (nSPS) is 14.7. The van der Waals surface area contributed by atoms with Crippen LogP contribution in [0.25, 0.3) is 11.0 Å². The molecule has 20 heavy (non-hydrogen) atoms. The number of carbonyl (C=O) groups excluding carboxylic acids is 1. The van der Waals surface area contributed by atoms with Crippen molar-refractivity contribution in [2.45, 2.75) is 38.3 Å². The number of carbonyl (C=O) groups is 1. The van der Waals surface area contributed by atoms with Gasteiger partial charge in [-0.3, -0.25) is 4.79 Å². The van der Waals surface area contributed by atoms with Crippen LogP contribution < -0.4 is 11.1 Å². The number of nitrogens with one attached hydrogen (secondary N) is 1. The van der Waals surface area contributed by atoms with Gasteiger partial charge in [-0.15, -0.1) is 0 Å². The summed E-state index contributed by atoms with van der Waals surface area (Å²) in [5.74, 6) is 0.662. The van der Waals surface area contributed by atoms with Gasteiger partial charge in [0.05, 0.1) is 11.0 Å². The second kappa shape index (κ2) is 5.59. The van der Waals surface area contributed by atoms with E-state index in [0.29, 0.717) is 18.4 Å². The Morgan fingerprint density at radius 1 is 1.50 bits per heavy atom. The topological polar surface area (TPSA) is 72.9 Å². The number of aryl methyl sites for hydroxylation is 1. The predicted octanol–water partition coefficient (Wildman–Crippen LogP) is 2.28. The first-order valence-corrected chi connectivity index (χ1v) is 7.92. The maximum absolute atomic E-state index is 11.6. The number of fused-ring (bicyclic) bond motifs is 1. The van der Waals surface area contributed by atoms with Gasteiger partial charge >= 0.3 is 0 Å². The standard InChI is InChI=1S/C14H17IN4O/c15-9-3-6-12-11(8-9)18-14(16)19(12)7-1-2-13(20)17-10-4-5-10/h3,6,8,10H,1-2,4-5,7H2,(H2,16,18)(H,17,20). The maximum Gasteiger partial charge on any atom is 0.220 e. The molecule has 0 aliphatic heterocycles. The first-order valence-electron chi connectivity index (χ1n) is 6.84. The fraction of sp³-hybridized carbons (Fsp3) is 0.429. The quantitative estimate of drug-likeness (QED) is 0.777. The highest BCUT2D eigenvalue weighted by molar-refractivity contribution is 14.1. The molecule has 0 unspecified atom stereocenters. The van der Waals surface area contributed by atoms with Crippen LogP contribution in [0.2, 0.25) is 0 Å². The molecule has 3 N–H and O–H groups in total. The monoisotopic (exact) mass is 384 g/mol. The van der Waals surface area contributed by atoms with E-state index in [1.165, 1.54) is 0 Å². The minimum atomic E-state index is 0.144. The lowest BCUT2D eigenvalue weighted by molar-refractivity contribution is -0.121. The Balaban J connectivity index is 1.64. The van der Waals surface area contributed by atoms with E-state index in [0.717, 1.165) is 40.4 Å². The van der Waals surface area contributed by atoms with Gasteiger partial charge in [-0.2, -0.15) is 0 Å². The molecule has 3 rings (SSSR count). The number of anilines is 1. The van der Waals surface area contributed by atoms with Crippen LogP contribution in [-0.2, 0) is 11.3 Å². The highest BCUT2D eigenvalue weighted by Gasteiger charge is 2.22. The van der Waals surface area contributed by atoms with Crippen molar-refractivity contribution < 1.29 is 4.79 Å². The highest BCUT2D eigenvalue weighted by atomic mass is 127. The van der Waals surface area contributed by atoms with Crippen LogP contribution in [0.4, 0.5) is 5.95 Å². The van der Waals surface area contributed by atoms with Crippen molar-refractivity contribution in [1.29, 1.82) is 0 Å². The van der Waals surface area contributed by atoms with Gasteiger partial charge in [0.1, 0.15) is 0 Å². The third kappa shape index (κ3) is 3.05. The summed E-state index contributed by atoms with van der Waals surface area (Å²) >= 11 is 2.26. The van der Waals surface area contributed by atoms with Crippen LogP contribution in [0.5, 0.6) is 0 Å². The number of nitrogens with two attached hydrogens (primary N) is 1. The van der Waals surface area contributed by atoms with Crippen LogP contribution in [0, 0.1) is 3.57 Å². The van der Waals surface area contributed by atoms with Gasteiger partial charge in [0.25, 0.3) is 0 Å². The van der Waals surface area contributed by atoms with E-state index in [2.05, 4.69) is 32.9 Å². The molecular weight excluding hydrogens is 367 g/mol. The van der Waals surface area contributed by atoms with E-state index >= 15 is 0 Å². The lowest BCUT2D eigenvalue weighted by Gasteiger charge is -2.07. The average molecular weight is 384 g/mol. The number of hydrogen-bond acceptors (Lipinski definition) is 3. The van der Waals surface area contributed by atoms with Crippen LogP contribution in [-0.4, -0.2) is 21.5 Å². The number of halogens is 1. The summed E-state index contributed by atoms with van der Waals surface area (Å²) in [7, 11) is 0. The Hall–Kier alpha value is -1.31. The first-order chi connectivity index (χ1) is 9.63. The molecule has 2 aromatic rings. The van der Waals surface area contributed by atoms with Crippen LogP contribution >= 0.6 is 22.6 Å². The largest absolute Gasteiger partial charge is 0.369 e. The van der Waals surface area contributed by atoms with Gasteiger partial charge < -0.3 is 15.6 Å². The minimum absolute atomic E-state index is 0.144. The van der Waals surface area contributed by atoms with Gasteiger partial charge in [-0.25, -0.2) is 4.98 Å². The zero-order chi connectivity index (χ0) is 14.1. The zero-order valence-corrected chi connectivity index (χ0v) is 13.3. The maximum atomic E-state index is 11.6. The van der Waals surface area contributed by atoms with E-state index in [4.69, 9.17) is 5.73 Å². The predicted molar refractivity (Wildman–Crippen MR) is 87.3 cm³/mol. The number of nitrogen functional groups attached to an aromatic ring is 1. The Morgan fingerprint density at radius 3 is 3.05 bits per heavy atom. The number of nitrogens with zero attached hydrogens (tertiary/aromatic N) is 2. The summed E-state index contributed by atoms with van der Waals surface area (Å²) in [5, 5.41) is 3.00. The van der Waals surface area contributed by atoms with Crippen LogP contribution in [0.1, 0.15) is 25.7 Å². The van der Waals surface area contributed by atoms with Crippen molar-refractivity contribution in [3.8, 4) is 0 Å². The number of benzene rings is 1. The van der Waals surface area contributed by atoms with Crippen molar-refractivity contribution in [3.05, 3.63) is 21.8 Å². The number of hydrogen-bond donors (Lipinski definition) is 2. The molecule has 0 spiro atoms. The van der Waals surface area contributed by atoms with Crippen molar-refractivity contribution in [1.82, 2.24) is 14.9 Å². The van der Waals surface area contributed by atoms with Crippen molar-refractivity contribution in [2.24, 2.45) is 0 Å². The van der Waals surface area contributed by atoms with E-state index in [1.54, 1.807) is 0 Å². The molecule has 0 radical (unpaired) electrons. The third-order valence-electron chi connectivity index (χ3n) is 3.47. The summed E-state index contributed by atoms with van der Waals surface area (Å²) in [5.41, 5.74) is 7.91. The van der Waals surface area contributed by atoms with E-state index in [9.17, 15) is 4.79 Å². The smallest absolute Gasteiger partial charge is 0.220 e. The van der Waals surface area contributed by atoms with Crippen molar-refractivity contribution in [2.75, 3.05) is 5.73 Å². The number of rotatable bonds is 5. The Bertz CT molecular complexity index is 648. The summed E-state index contributed by atoms with van der Waals surface area (Å²) in [6, 6.07) is 6.52. The highest BCUT2D eigenvalue weighted by Crippen LogP contribution is 2.21. The van der Waals surface area contributed by atoms with Gasteiger partial charge in [-0.1, -0.05) is 0 Å². The molecule has 1 fully saturated rings. The molecule has 0 saturated heterocycles. The number of aromatic nitrogens is 2. The lowest BCUT2D eigenvalue weighted by Crippen LogP contribution is -2.25. The van der Waals surface area contributed by atoms with Crippen LogP contribution in [0.3, 0.4) is 0 Å². The molecule has 1 amide bonds. The zero-order valence-electron chi connectivity index (χ0n) is 11.1. The summed E-state index contributed by atoms with van der Waals surface area (Å²) < 4.78 is 3.12. The van der Waals surface area contributed by atoms with E-state index in [1.807, 2.05) is 22.8 Å². The molecule has 0 bridgehead atoms. The van der Waals surface area contributed by atoms with Gasteiger partial charge in [0, 0.05) is 22.6 Å². The Kier molecular flexibility index (Phi) is 3.82. The van der Waals surface area contributed by atoms with Gasteiger partial charge in [-0.05, 0) is 60.1 Å². The summed E-state index contributed by atoms with van der Waals surface area (Å²) in [4.78, 5) is 16.0. The first kappa shape index (κ1) is 13.7. The number of amides is 1. The lowest BCUT2D eigenvalue weighted by atomic mass is 10.2. The second-order valence-corrected chi connectivity index (χ2v) is 6.45. The van der Waals surface area contributed by atoms with Crippen molar-refractivity contribution in [3.63, 3.8) is 0 Å². The second-order valence-electron chi connectivity index (χ2n) is 5.20. The van der Waals surface area contributed by atoms with E-state index in [-0.39, 0.29) is 5.91 Å². The van der Waals surface area contributed by atoms with Crippen LogP contribution in [0.15, 0.2) is 18.2 Å². The average Bonchev–Trinajstić information content (AvgIpc) is 3.14. The number of imidazole rings is 1. The van der Waals surface area contributed by atoms with Gasteiger partial charge in [0.2, 0.25) is 11.9 Å². The molecule has 1 aliphatic carbocycles. The fourth-order valence-electron chi connectivity index (χ4n) is 2.28. The molecular formula is C14H17IN4O. The molecule has 0 atom stereocenters. The third-order valence-corrected chi connectivity index (χ3v) is 4.14. The molecule has 1 aromatic carbocycles. The molecule has 1 aromatic heterocycles. The summed E-state index contributed by atoms with van der Waals surface area (Å²) in [6.45, 7) is 0.723. The Labute approximate surface area is 131 Å². The molecule has 106 valence electrons. The molecule has 6 heteroatoms. The fourth-order valence-corrected chi connectivity index (χ4v) is 2.76. The van der Waals surface area contributed by atoms with Gasteiger partial charge in [0.15, 0.2) is 0 Å². The van der Waals surface area contributed by atoms with E-state index < -0.39 is 0 Å². The molecule has 1 heterocycles. The molecule has 5 nitrogen and oxygen atoms in total. The van der Waals surface area contributed by atoms with Crippen molar-refractivity contribution >= 4 is 45.5 Å². The Morgan fingerprint density at radius 2 is 2.30 bits per heavy atom.